The van der Waals surface area contributed by atoms with Crippen LogP contribution in [0.2, 0.25) is 0 Å². The minimum atomic E-state index is -0.897. The predicted molar refractivity (Wildman–Crippen MR) is 81.9 cm³/mol. The van der Waals surface area contributed by atoms with Crippen LogP contribution in [-0.2, 0) is 4.79 Å². The van der Waals surface area contributed by atoms with E-state index in [0.29, 0.717) is 18.4 Å². The van der Waals surface area contributed by atoms with E-state index >= 15 is 0 Å². The van der Waals surface area contributed by atoms with E-state index < -0.39 is 11.4 Å². The number of hydrogen-bond donors (Lipinski definition) is 2. The first kappa shape index (κ1) is 16.7. The van der Waals surface area contributed by atoms with Crippen LogP contribution >= 0.6 is 15.9 Å². The summed E-state index contributed by atoms with van der Waals surface area (Å²) in [4.78, 5) is 23.6. The third-order valence-electron chi connectivity index (χ3n) is 3.83. The largest absolute Gasteiger partial charge is 0.481 e. The highest BCUT2D eigenvalue weighted by atomic mass is 79.9. The van der Waals surface area contributed by atoms with Gasteiger partial charge in [-0.2, -0.15) is 0 Å². The maximum atomic E-state index is 12.2. The SMILES string of the molecule is CCC(CC)(CNC(=O)c1cccc(C)c1Br)C(=O)O. The van der Waals surface area contributed by atoms with Gasteiger partial charge in [0.25, 0.3) is 5.91 Å². The van der Waals surface area contributed by atoms with Crippen LogP contribution in [0.15, 0.2) is 22.7 Å². The Bertz CT molecular complexity index is 510. The Morgan fingerprint density at radius 3 is 2.40 bits per heavy atom. The summed E-state index contributed by atoms with van der Waals surface area (Å²) in [5, 5.41) is 12.1. The topological polar surface area (TPSA) is 66.4 Å². The average Bonchev–Trinajstić information content (AvgIpc) is 2.43. The molecule has 0 atom stereocenters. The van der Waals surface area contributed by atoms with E-state index in [1.54, 1.807) is 12.1 Å². The van der Waals surface area contributed by atoms with Crippen molar-refractivity contribution in [3.63, 3.8) is 0 Å². The number of carbonyl (C=O) groups is 2. The van der Waals surface area contributed by atoms with Gasteiger partial charge in [-0.3, -0.25) is 9.59 Å². The molecule has 0 bridgehead atoms. The number of amides is 1. The van der Waals surface area contributed by atoms with Gasteiger partial charge in [0.15, 0.2) is 0 Å². The van der Waals surface area contributed by atoms with Gasteiger partial charge < -0.3 is 10.4 Å². The van der Waals surface area contributed by atoms with Gasteiger partial charge in [-0.15, -0.1) is 0 Å². The molecule has 0 heterocycles. The fraction of sp³-hybridized carbons (Fsp3) is 0.467. The van der Waals surface area contributed by atoms with Crippen LogP contribution in [0.5, 0.6) is 0 Å². The summed E-state index contributed by atoms with van der Waals surface area (Å²) in [5.74, 6) is -1.13. The van der Waals surface area contributed by atoms with Gasteiger partial charge in [-0.25, -0.2) is 0 Å². The lowest BCUT2D eigenvalue weighted by molar-refractivity contribution is -0.149. The fourth-order valence-electron chi connectivity index (χ4n) is 2.05. The Morgan fingerprint density at radius 1 is 1.30 bits per heavy atom. The summed E-state index contributed by atoms with van der Waals surface area (Å²) in [6.45, 7) is 5.69. The van der Waals surface area contributed by atoms with Gasteiger partial charge in [-0.1, -0.05) is 26.0 Å². The molecule has 0 aliphatic rings. The summed E-state index contributed by atoms with van der Waals surface area (Å²) < 4.78 is 0.742. The molecule has 110 valence electrons. The zero-order valence-corrected chi connectivity index (χ0v) is 13.6. The van der Waals surface area contributed by atoms with Crippen molar-refractivity contribution in [2.24, 2.45) is 5.41 Å². The van der Waals surface area contributed by atoms with Gasteiger partial charge in [-0.05, 0) is 47.3 Å². The molecule has 1 amide bonds. The first-order valence-electron chi connectivity index (χ1n) is 6.64. The lowest BCUT2D eigenvalue weighted by atomic mass is 9.82. The molecule has 0 aromatic heterocycles. The number of aliphatic carboxylic acids is 1. The lowest BCUT2D eigenvalue weighted by Gasteiger charge is -2.27. The monoisotopic (exact) mass is 341 g/mol. The van der Waals surface area contributed by atoms with E-state index in [4.69, 9.17) is 0 Å². The summed E-state index contributed by atoms with van der Waals surface area (Å²) >= 11 is 3.39. The van der Waals surface area contributed by atoms with Crippen LogP contribution < -0.4 is 5.32 Å². The number of benzene rings is 1. The van der Waals surface area contributed by atoms with E-state index in [2.05, 4.69) is 21.2 Å². The summed E-state index contributed by atoms with van der Waals surface area (Å²) in [7, 11) is 0. The summed E-state index contributed by atoms with van der Waals surface area (Å²) in [6.07, 6.45) is 0.961. The van der Waals surface area contributed by atoms with Crippen molar-refractivity contribution in [1.82, 2.24) is 5.32 Å². The van der Waals surface area contributed by atoms with Crippen LogP contribution in [0, 0.1) is 12.3 Å². The van der Waals surface area contributed by atoms with Crippen LogP contribution in [0.4, 0.5) is 0 Å². The van der Waals surface area contributed by atoms with E-state index in [0.717, 1.165) is 10.0 Å². The molecule has 0 unspecified atom stereocenters. The van der Waals surface area contributed by atoms with Gasteiger partial charge in [0.1, 0.15) is 0 Å². The van der Waals surface area contributed by atoms with Crippen molar-refractivity contribution in [2.75, 3.05) is 6.54 Å². The summed E-state index contributed by atoms with van der Waals surface area (Å²) in [5.41, 5.74) is 0.594. The lowest BCUT2D eigenvalue weighted by Crippen LogP contribution is -2.42. The number of aryl methyl sites for hydroxylation is 1. The summed E-state index contributed by atoms with van der Waals surface area (Å²) in [6, 6.07) is 5.42. The highest BCUT2D eigenvalue weighted by Gasteiger charge is 2.35. The smallest absolute Gasteiger partial charge is 0.311 e. The number of carboxylic acid groups (broad SMARTS) is 1. The van der Waals surface area contributed by atoms with Gasteiger partial charge in [0, 0.05) is 11.0 Å². The molecule has 5 heteroatoms. The molecule has 4 nitrogen and oxygen atoms in total. The van der Waals surface area contributed by atoms with Gasteiger partial charge in [0.05, 0.1) is 11.0 Å². The van der Waals surface area contributed by atoms with E-state index in [1.807, 2.05) is 26.8 Å². The molecule has 0 radical (unpaired) electrons. The van der Waals surface area contributed by atoms with Gasteiger partial charge in [0.2, 0.25) is 0 Å². The molecule has 0 spiro atoms. The quantitative estimate of drug-likeness (QED) is 0.833. The first-order valence-corrected chi connectivity index (χ1v) is 7.44. The normalized spacial score (nSPS) is 11.2. The molecule has 0 aliphatic heterocycles. The van der Waals surface area contributed by atoms with Crippen LogP contribution in [0.1, 0.15) is 42.6 Å². The third-order valence-corrected chi connectivity index (χ3v) is 4.88. The van der Waals surface area contributed by atoms with E-state index in [1.165, 1.54) is 0 Å². The third kappa shape index (κ3) is 3.39. The molecule has 2 N–H and O–H groups in total. The molecule has 0 saturated carbocycles. The Hall–Kier alpha value is -1.36. The molecule has 0 aliphatic carbocycles. The number of rotatable bonds is 6. The Morgan fingerprint density at radius 2 is 1.90 bits per heavy atom. The first-order chi connectivity index (χ1) is 9.38. The zero-order chi connectivity index (χ0) is 15.3. The predicted octanol–water partition coefficient (Wildman–Crippen LogP) is 3.38. The standard InChI is InChI=1S/C15H20BrNO3/c1-4-15(5-2,14(19)20)9-17-13(18)11-8-6-7-10(3)12(11)16/h6-8H,4-5,9H2,1-3H3,(H,17,18)(H,19,20). The van der Waals surface area contributed by atoms with Crippen LogP contribution in [-0.4, -0.2) is 23.5 Å². The molecule has 1 aromatic carbocycles. The molecule has 1 aromatic rings. The average molecular weight is 342 g/mol. The Balaban J connectivity index is 2.86. The molecule has 1 rings (SSSR count). The number of carbonyl (C=O) groups excluding carboxylic acids is 1. The van der Waals surface area contributed by atoms with Crippen molar-refractivity contribution >= 4 is 27.8 Å². The minimum absolute atomic E-state index is 0.133. The number of halogens is 1. The van der Waals surface area contributed by atoms with Crippen molar-refractivity contribution in [3.8, 4) is 0 Å². The molecular formula is C15H20BrNO3. The van der Waals surface area contributed by atoms with Crippen molar-refractivity contribution in [3.05, 3.63) is 33.8 Å². The molecule has 0 fully saturated rings. The second-order valence-electron chi connectivity index (χ2n) is 4.91. The maximum Gasteiger partial charge on any atom is 0.311 e. The Kier molecular flexibility index (Phi) is 5.74. The fourth-order valence-corrected chi connectivity index (χ4v) is 2.49. The maximum absolute atomic E-state index is 12.2. The molecular weight excluding hydrogens is 322 g/mol. The number of hydrogen-bond acceptors (Lipinski definition) is 2. The minimum Gasteiger partial charge on any atom is -0.481 e. The zero-order valence-electron chi connectivity index (χ0n) is 12.0. The van der Waals surface area contributed by atoms with E-state index in [9.17, 15) is 14.7 Å². The van der Waals surface area contributed by atoms with Crippen LogP contribution in [0.3, 0.4) is 0 Å². The van der Waals surface area contributed by atoms with Gasteiger partial charge >= 0.3 is 5.97 Å². The Labute approximate surface area is 127 Å². The highest BCUT2D eigenvalue weighted by Crippen LogP contribution is 2.26. The molecule has 20 heavy (non-hydrogen) atoms. The van der Waals surface area contributed by atoms with Crippen molar-refractivity contribution < 1.29 is 14.7 Å². The second-order valence-corrected chi connectivity index (χ2v) is 5.70. The van der Waals surface area contributed by atoms with Crippen LogP contribution in [0.25, 0.3) is 0 Å². The number of carboxylic acids is 1. The highest BCUT2D eigenvalue weighted by molar-refractivity contribution is 9.10. The van der Waals surface area contributed by atoms with Crippen molar-refractivity contribution in [1.29, 1.82) is 0 Å². The number of nitrogens with one attached hydrogen (secondary N) is 1. The molecule has 0 saturated heterocycles. The second kappa shape index (κ2) is 6.88. The van der Waals surface area contributed by atoms with Crippen molar-refractivity contribution in [2.45, 2.75) is 33.6 Å². The van der Waals surface area contributed by atoms with E-state index in [-0.39, 0.29) is 12.5 Å².